The highest BCUT2D eigenvalue weighted by atomic mass is 32.2. The second-order valence-electron chi connectivity index (χ2n) is 5.85. The van der Waals surface area contributed by atoms with Crippen LogP contribution in [0.15, 0.2) is 12.1 Å². The van der Waals surface area contributed by atoms with Crippen molar-refractivity contribution in [3.8, 4) is 0 Å². The maximum atomic E-state index is 12.6. The van der Waals surface area contributed by atoms with E-state index in [2.05, 4.69) is 14.9 Å². The molecule has 0 saturated carbocycles. The molecule has 1 aromatic heterocycles. The van der Waals surface area contributed by atoms with Gasteiger partial charge in [-0.25, -0.2) is 0 Å². The number of nitrogens with one attached hydrogen (secondary N) is 1. The van der Waals surface area contributed by atoms with Crippen LogP contribution in [0.2, 0.25) is 0 Å². The third-order valence-electron chi connectivity index (χ3n) is 4.19. The van der Waals surface area contributed by atoms with Gasteiger partial charge in [0, 0.05) is 19.8 Å². The first-order chi connectivity index (χ1) is 11.8. The van der Waals surface area contributed by atoms with Crippen LogP contribution < -0.4 is 13.9 Å². The van der Waals surface area contributed by atoms with Gasteiger partial charge in [0.15, 0.2) is 0 Å². The fraction of sp³-hybridized carbons (Fsp3) is 0.400. The molecule has 0 fully saturated rings. The van der Waals surface area contributed by atoms with Crippen LogP contribution in [0.5, 0.6) is 0 Å². The Morgan fingerprint density at radius 2 is 1.88 bits per heavy atom. The number of benzene rings is 1. The molecule has 0 aliphatic carbocycles. The summed E-state index contributed by atoms with van der Waals surface area (Å²) >= 11 is 1.06. The lowest BCUT2D eigenvalue weighted by atomic mass is 10.1. The summed E-state index contributed by atoms with van der Waals surface area (Å²) in [4.78, 5) is 13.1. The first kappa shape index (κ1) is 17.6. The molecule has 2 heterocycles. The van der Waals surface area contributed by atoms with Gasteiger partial charge in [-0.1, -0.05) is 17.8 Å². The predicted molar refractivity (Wildman–Crippen MR) is 98.8 cm³/mol. The average Bonchev–Trinajstić information content (AvgIpc) is 3.08. The fourth-order valence-electron chi connectivity index (χ4n) is 2.71. The quantitative estimate of drug-likeness (QED) is 0.876. The minimum atomic E-state index is -3.55. The molecule has 134 valence electrons. The van der Waals surface area contributed by atoms with Gasteiger partial charge in [0.25, 0.3) is 5.91 Å². The van der Waals surface area contributed by atoms with Crippen LogP contribution in [0.1, 0.15) is 34.3 Å². The first-order valence-corrected chi connectivity index (χ1v) is 9.94. The molecule has 1 aromatic carbocycles. The van der Waals surface area contributed by atoms with Crippen molar-refractivity contribution in [3.63, 3.8) is 0 Å². The molecule has 0 unspecified atom stereocenters. The molecule has 1 N–H and O–H groups in total. The normalized spacial score (nSPS) is 15.4. The third-order valence-corrected chi connectivity index (χ3v) is 6.73. The number of hydrogen-bond acceptors (Lipinski definition) is 6. The van der Waals surface area contributed by atoms with E-state index in [0.29, 0.717) is 34.1 Å². The predicted octanol–water partition coefficient (Wildman–Crippen LogP) is 2.18. The first-order valence-electron chi connectivity index (χ1n) is 7.77. The summed E-state index contributed by atoms with van der Waals surface area (Å²) in [5.41, 5.74) is 3.14. The number of rotatable bonds is 4. The van der Waals surface area contributed by atoms with Gasteiger partial charge in [-0.05, 0) is 42.6 Å². The van der Waals surface area contributed by atoms with Gasteiger partial charge in [-0.2, -0.15) is 8.42 Å². The van der Waals surface area contributed by atoms with E-state index in [0.717, 1.165) is 23.5 Å². The van der Waals surface area contributed by atoms with Crippen LogP contribution in [0, 0.1) is 6.92 Å². The smallest absolute Gasteiger partial charge is 0.321 e. The molecular weight excluding hydrogens is 362 g/mol. The van der Waals surface area contributed by atoms with E-state index >= 15 is 0 Å². The topological polar surface area (TPSA) is 95.5 Å². The number of aryl methyl sites for hydroxylation is 2. The van der Waals surface area contributed by atoms with Crippen LogP contribution >= 0.6 is 11.5 Å². The Morgan fingerprint density at radius 3 is 2.52 bits per heavy atom. The van der Waals surface area contributed by atoms with Crippen LogP contribution in [0.3, 0.4) is 0 Å². The molecule has 0 spiro atoms. The zero-order chi connectivity index (χ0) is 18.4. The Morgan fingerprint density at radius 1 is 1.24 bits per heavy atom. The minimum Gasteiger partial charge on any atom is -0.321 e. The van der Waals surface area contributed by atoms with E-state index in [-0.39, 0.29) is 5.91 Å². The van der Waals surface area contributed by atoms with E-state index in [9.17, 15) is 13.2 Å². The van der Waals surface area contributed by atoms with Crippen molar-refractivity contribution in [1.82, 2.24) is 9.59 Å². The maximum absolute atomic E-state index is 12.6. The van der Waals surface area contributed by atoms with E-state index in [1.165, 1.54) is 22.7 Å². The van der Waals surface area contributed by atoms with Crippen molar-refractivity contribution in [1.29, 1.82) is 0 Å². The molecule has 10 heteroatoms. The summed E-state index contributed by atoms with van der Waals surface area (Å²) < 4.78 is 30.8. The number of nitrogens with zero attached hydrogens (tertiary/aromatic N) is 4. The van der Waals surface area contributed by atoms with Crippen molar-refractivity contribution >= 4 is 44.7 Å². The van der Waals surface area contributed by atoms with Crippen molar-refractivity contribution in [2.45, 2.75) is 26.7 Å². The van der Waals surface area contributed by atoms with Gasteiger partial charge in [-0.15, -0.1) is 5.10 Å². The number of carbonyl (C=O) groups excluding carboxylic acids is 1. The highest BCUT2D eigenvalue weighted by Gasteiger charge is 2.36. The number of aromatic nitrogens is 2. The van der Waals surface area contributed by atoms with Crippen molar-refractivity contribution in [3.05, 3.63) is 28.3 Å². The Balaban J connectivity index is 1.94. The number of amides is 1. The van der Waals surface area contributed by atoms with Crippen molar-refractivity contribution < 1.29 is 13.2 Å². The number of carbonyl (C=O) groups is 1. The van der Waals surface area contributed by atoms with Crippen LogP contribution in [-0.4, -0.2) is 38.0 Å². The van der Waals surface area contributed by atoms with Gasteiger partial charge in [-0.3, -0.25) is 13.4 Å². The minimum absolute atomic E-state index is 0.279. The molecule has 0 atom stereocenters. The van der Waals surface area contributed by atoms with Crippen molar-refractivity contribution in [2.24, 2.45) is 0 Å². The van der Waals surface area contributed by atoms with E-state index in [1.54, 1.807) is 12.1 Å². The molecule has 0 bridgehead atoms. The largest absolute Gasteiger partial charge is 0.326 e. The Hall–Kier alpha value is -2.20. The summed E-state index contributed by atoms with van der Waals surface area (Å²) in [6, 6.07) is 3.43. The molecule has 0 radical (unpaired) electrons. The van der Waals surface area contributed by atoms with Gasteiger partial charge in [0.05, 0.1) is 17.1 Å². The summed E-state index contributed by atoms with van der Waals surface area (Å²) in [7, 11) is -0.546. The molecular formula is C15H19N5O3S2. The molecule has 3 rings (SSSR count). The Bertz CT molecular complexity index is 939. The highest BCUT2D eigenvalue weighted by molar-refractivity contribution is 7.94. The summed E-state index contributed by atoms with van der Waals surface area (Å²) in [6.45, 7) is 3.84. The lowest BCUT2D eigenvalue weighted by Gasteiger charge is -2.13. The Labute approximate surface area is 150 Å². The van der Waals surface area contributed by atoms with E-state index in [1.807, 2.05) is 13.8 Å². The van der Waals surface area contributed by atoms with Gasteiger partial charge < -0.3 is 5.32 Å². The molecule has 1 aliphatic rings. The second kappa shape index (κ2) is 6.26. The third kappa shape index (κ3) is 2.85. The highest BCUT2D eigenvalue weighted by Crippen LogP contribution is 2.42. The average molecular weight is 381 g/mol. The maximum Gasteiger partial charge on any atom is 0.326 e. The van der Waals surface area contributed by atoms with Gasteiger partial charge in [0.1, 0.15) is 4.88 Å². The standard InChI is InChI=1S/C15H19N5O3S2/c1-5-6-10-14(24-18-17-10)15(21)16-11-8-13-12(7-9(11)2)19(3)25(22,23)20(13)4/h7-8H,5-6H2,1-4H3,(H,16,21). The van der Waals surface area contributed by atoms with E-state index < -0.39 is 10.2 Å². The molecule has 2 aromatic rings. The summed E-state index contributed by atoms with van der Waals surface area (Å²) in [6.07, 6.45) is 1.56. The van der Waals surface area contributed by atoms with E-state index in [4.69, 9.17) is 0 Å². The number of fused-ring (bicyclic) bond motifs is 1. The fourth-order valence-corrected chi connectivity index (χ4v) is 4.47. The molecule has 1 amide bonds. The van der Waals surface area contributed by atoms with Crippen molar-refractivity contribution in [2.75, 3.05) is 28.0 Å². The summed E-state index contributed by atoms with van der Waals surface area (Å²) in [5.74, 6) is -0.279. The molecule has 0 saturated heterocycles. The number of anilines is 3. The Kier molecular flexibility index (Phi) is 4.41. The lowest BCUT2D eigenvalue weighted by molar-refractivity contribution is 0.102. The second-order valence-corrected chi connectivity index (χ2v) is 8.60. The summed E-state index contributed by atoms with van der Waals surface area (Å²) in [5, 5.41) is 6.86. The molecule has 25 heavy (non-hydrogen) atoms. The molecule has 8 nitrogen and oxygen atoms in total. The van der Waals surface area contributed by atoms with Gasteiger partial charge in [0.2, 0.25) is 0 Å². The zero-order valence-electron chi connectivity index (χ0n) is 14.4. The van der Waals surface area contributed by atoms with Gasteiger partial charge >= 0.3 is 10.2 Å². The van der Waals surface area contributed by atoms with Crippen LogP contribution in [-0.2, 0) is 16.6 Å². The lowest BCUT2D eigenvalue weighted by Crippen LogP contribution is -2.32. The van der Waals surface area contributed by atoms with Crippen LogP contribution in [0.25, 0.3) is 0 Å². The monoisotopic (exact) mass is 381 g/mol. The SMILES string of the molecule is CCCc1nnsc1C(=O)Nc1cc2c(cc1C)N(C)S(=O)(=O)N2C. The number of hydrogen-bond donors (Lipinski definition) is 1. The zero-order valence-corrected chi connectivity index (χ0v) is 16.0. The van der Waals surface area contributed by atoms with Crippen LogP contribution in [0.4, 0.5) is 17.1 Å². The molecule has 1 aliphatic heterocycles.